The van der Waals surface area contributed by atoms with E-state index in [1.807, 2.05) is 44.4 Å². The van der Waals surface area contributed by atoms with E-state index >= 15 is 0 Å². The Morgan fingerprint density at radius 3 is 1.78 bits per heavy atom. The normalized spacial score (nSPS) is 17.6. The molecule has 2 aliphatic rings. The topological polar surface area (TPSA) is 110 Å². The number of aromatic nitrogens is 2. The Morgan fingerprint density at radius 2 is 1.33 bits per heavy atom. The second kappa shape index (κ2) is 7.90. The number of aryl methyl sites for hydroxylation is 2. The lowest BCUT2D eigenvalue weighted by Gasteiger charge is -2.21. The summed E-state index contributed by atoms with van der Waals surface area (Å²) in [7, 11) is 4.05. The lowest BCUT2D eigenvalue weighted by Crippen LogP contribution is -2.39. The van der Waals surface area contributed by atoms with Crippen molar-refractivity contribution in [3.8, 4) is 18.2 Å². The molecule has 4 aromatic heterocycles. The summed E-state index contributed by atoms with van der Waals surface area (Å²) in [5, 5.41) is 33.0. The van der Waals surface area contributed by atoms with Gasteiger partial charge in [0.1, 0.15) is 23.2 Å². The number of rotatable bonds is 2. The Kier molecular flexibility index (Phi) is 4.78. The van der Waals surface area contributed by atoms with Gasteiger partial charge in [-0.25, -0.2) is 10.3 Å². The highest BCUT2D eigenvalue weighted by molar-refractivity contribution is 7.22. The number of thiophene rings is 2. The maximum absolute atomic E-state index is 9.06. The molecule has 6 rings (SSSR count). The molecule has 0 N–H and O–H groups in total. The minimum atomic E-state index is -0.164. The predicted octanol–water partition coefficient (Wildman–Crippen LogP) is 2.47. The summed E-state index contributed by atoms with van der Waals surface area (Å²) in [4.78, 5) is 11.6. The SMILES string of the molecule is [C-]#[N+]C(C#N)=Nc1cc2c(s1)c1c(n2C)=CC2C=c3c(n(C)c4cc(N=C(C#N)C#N)sc34)=CC2C=1. The van der Waals surface area contributed by atoms with E-state index in [0.717, 1.165) is 41.6 Å². The molecule has 0 spiro atoms. The van der Waals surface area contributed by atoms with Gasteiger partial charge in [0.25, 0.3) is 0 Å². The molecule has 2 aliphatic carbocycles. The maximum atomic E-state index is 9.06. The molecule has 8 nitrogen and oxygen atoms in total. The lowest BCUT2D eigenvalue weighted by molar-refractivity contribution is 0.764. The summed E-state index contributed by atoms with van der Waals surface area (Å²) in [6, 6.07) is 9.33. The van der Waals surface area contributed by atoms with E-state index in [4.69, 9.17) is 22.4 Å². The fraction of sp³-hybridized carbons (Fsp3) is 0.154. The van der Waals surface area contributed by atoms with Crippen LogP contribution in [0.15, 0.2) is 22.1 Å². The van der Waals surface area contributed by atoms with Crippen molar-refractivity contribution in [3.05, 3.63) is 44.7 Å². The van der Waals surface area contributed by atoms with Gasteiger partial charge in [-0.1, -0.05) is 47.2 Å². The molecule has 0 saturated carbocycles. The molecule has 36 heavy (non-hydrogen) atoms. The van der Waals surface area contributed by atoms with Crippen LogP contribution in [0.5, 0.6) is 0 Å². The molecule has 2 unspecified atom stereocenters. The molecule has 4 aromatic rings. The van der Waals surface area contributed by atoms with Crippen LogP contribution in [0.3, 0.4) is 0 Å². The summed E-state index contributed by atoms with van der Waals surface area (Å²) in [6.07, 6.45) is 9.19. The number of hydrogen-bond acceptors (Lipinski definition) is 7. The quantitative estimate of drug-likeness (QED) is 0.239. The molecular weight excluding hydrogens is 488 g/mol. The minimum absolute atomic E-state index is 0.149. The second-order valence-electron chi connectivity index (χ2n) is 8.48. The van der Waals surface area contributed by atoms with Gasteiger partial charge >= 0.3 is 5.84 Å². The highest BCUT2D eigenvalue weighted by atomic mass is 32.1. The molecule has 0 radical (unpaired) electrons. The first-order valence-corrected chi connectivity index (χ1v) is 12.5. The first-order valence-electron chi connectivity index (χ1n) is 10.8. The standard InChI is InChI=1S/C26H14N8S2/c1-30-22(12-29)32-24-9-21-26(36-24)17-5-14-6-18-16(4-13(14)7-19(17)34(21)3)25-20(33(18)2)8-23(35-25)31-15(10-27)11-28/h4-9,13-14H,2-3H3. The van der Waals surface area contributed by atoms with Crippen LogP contribution in [0, 0.1) is 52.4 Å². The average Bonchev–Trinajstić information content (AvgIpc) is 3.62. The van der Waals surface area contributed by atoms with Gasteiger partial charge < -0.3 is 14.0 Å². The van der Waals surface area contributed by atoms with Gasteiger partial charge in [-0.15, -0.1) is 11.3 Å². The van der Waals surface area contributed by atoms with Crippen molar-refractivity contribution in [2.75, 3.05) is 0 Å². The average molecular weight is 503 g/mol. The Morgan fingerprint density at radius 1 is 0.833 bits per heavy atom. The van der Waals surface area contributed by atoms with Gasteiger partial charge in [0.15, 0.2) is 0 Å². The van der Waals surface area contributed by atoms with Crippen molar-refractivity contribution in [1.82, 2.24) is 9.13 Å². The van der Waals surface area contributed by atoms with Crippen LogP contribution < -0.4 is 21.1 Å². The number of aliphatic imine (C=N–C) groups is 2. The summed E-state index contributed by atoms with van der Waals surface area (Å²) in [6.45, 7) is 7.09. The van der Waals surface area contributed by atoms with Gasteiger partial charge in [-0.05, 0) is 6.07 Å². The molecule has 0 fully saturated rings. The monoisotopic (exact) mass is 502 g/mol. The van der Waals surface area contributed by atoms with Crippen molar-refractivity contribution in [1.29, 1.82) is 15.8 Å². The van der Waals surface area contributed by atoms with Gasteiger partial charge in [0.2, 0.25) is 10.7 Å². The first kappa shape index (κ1) is 21.8. The van der Waals surface area contributed by atoms with Crippen LogP contribution in [-0.4, -0.2) is 20.7 Å². The predicted molar refractivity (Wildman–Crippen MR) is 143 cm³/mol. The molecular formula is C26H14N8S2. The molecule has 0 amide bonds. The van der Waals surface area contributed by atoms with E-state index < -0.39 is 0 Å². The molecule has 170 valence electrons. The van der Waals surface area contributed by atoms with Crippen molar-refractivity contribution in [2.45, 2.75) is 0 Å². The number of nitriles is 3. The van der Waals surface area contributed by atoms with Gasteiger partial charge in [0, 0.05) is 53.1 Å². The highest BCUT2D eigenvalue weighted by Crippen LogP contribution is 2.33. The summed E-state index contributed by atoms with van der Waals surface area (Å²) >= 11 is 2.98. The first-order chi connectivity index (χ1) is 17.4. The van der Waals surface area contributed by atoms with Crippen molar-refractivity contribution < 1.29 is 0 Å². The second-order valence-corrected chi connectivity index (χ2v) is 10.5. The number of fused-ring (bicyclic) bond motifs is 7. The van der Waals surface area contributed by atoms with E-state index in [2.05, 4.69) is 48.3 Å². The maximum Gasteiger partial charge on any atom is 0.350 e. The Bertz CT molecular complexity index is 1950. The molecule has 10 heteroatoms. The zero-order chi connectivity index (χ0) is 25.1. The summed E-state index contributed by atoms with van der Waals surface area (Å²) in [5.74, 6) is 0.209. The number of hydrogen-bond donors (Lipinski definition) is 0. The Hall–Kier alpha value is -4.74. The zero-order valence-corrected chi connectivity index (χ0v) is 20.6. The van der Waals surface area contributed by atoms with Crippen LogP contribution in [0.25, 0.3) is 49.6 Å². The third-order valence-electron chi connectivity index (χ3n) is 6.60. The molecule has 0 aliphatic heterocycles. The van der Waals surface area contributed by atoms with Crippen LogP contribution in [0.1, 0.15) is 0 Å². The van der Waals surface area contributed by atoms with Crippen molar-refractivity contribution >= 4 is 89.0 Å². The van der Waals surface area contributed by atoms with E-state index in [1.54, 1.807) is 0 Å². The summed E-state index contributed by atoms with van der Waals surface area (Å²) < 4.78 is 6.48. The summed E-state index contributed by atoms with van der Waals surface area (Å²) in [5.41, 5.74) is 1.91. The van der Waals surface area contributed by atoms with Crippen LogP contribution in [0.2, 0.25) is 0 Å². The third-order valence-corrected chi connectivity index (χ3v) is 8.71. The van der Waals surface area contributed by atoms with Crippen LogP contribution >= 0.6 is 22.7 Å². The highest BCUT2D eigenvalue weighted by Gasteiger charge is 2.25. The molecule has 2 atom stereocenters. The zero-order valence-electron chi connectivity index (χ0n) is 19.0. The molecule has 0 bridgehead atoms. The largest absolute Gasteiger partial charge is 0.351 e. The minimum Gasteiger partial charge on any atom is -0.351 e. The third kappa shape index (κ3) is 3.07. The van der Waals surface area contributed by atoms with Gasteiger partial charge in [0.05, 0.1) is 20.4 Å². The van der Waals surface area contributed by atoms with Crippen LogP contribution in [-0.2, 0) is 14.1 Å². The van der Waals surface area contributed by atoms with Crippen molar-refractivity contribution in [2.24, 2.45) is 35.9 Å². The molecule has 0 saturated heterocycles. The molecule has 4 heterocycles. The Balaban J connectivity index is 1.52. The lowest BCUT2D eigenvalue weighted by atomic mass is 9.84. The van der Waals surface area contributed by atoms with Gasteiger partial charge in [-0.3, -0.25) is 0 Å². The van der Waals surface area contributed by atoms with E-state index in [-0.39, 0.29) is 23.4 Å². The fourth-order valence-corrected chi connectivity index (χ4v) is 7.16. The number of amidine groups is 1. The van der Waals surface area contributed by atoms with E-state index in [0.29, 0.717) is 10.0 Å². The number of nitrogens with zero attached hydrogens (tertiary/aromatic N) is 8. The van der Waals surface area contributed by atoms with Crippen LogP contribution in [0.4, 0.5) is 10.0 Å². The van der Waals surface area contributed by atoms with E-state index in [1.165, 1.54) is 22.7 Å². The fourth-order valence-electron chi connectivity index (χ4n) is 4.97. The Labute approximate surface area is 212 Å². The molecule has 0 aromatic carbocycles. The smallest absolute Gasteiger partial charge is 0.350 e. The van der Waals surface area contributed by atoms with Gasteiger partial charge in [-0.2, -0.15) is 10.5 Å². The van der Waals surface area contributed by atoms with Crippen molar-refractivity contribution in [3.63, 3.8) is 0 Å². The van der Waals surface area contributed by atoms with E-state index in [9.17, 15) is 0 Å².